The molecule has 42 heavy (non-hydrogen) atoms. The van der Waals surface area contributed by atoms with E-state index in [1.807, 2.05) is 18.9 Å². The molecule has 1 saturated carbocycles. The van der Waals surface area contributed by atoms with Gasteiger partial charge in [-0.3, -0.25) is 14.5 Å². The number of aliphatic hydroxyl groups excluding tert-OH is 1. The number of halogens is 3. The normalized spacial score (nSPS) is 21.1. The van der Waals surface area contributed by atoms with Crippen molar-refractivity contribution >= 4 is 17.5 Å². The highest BCUT2D eigenvalue weighted by Gasteiger charge is 2.32. The minimum Gasteiger partial charge on any atom is -0.488 e. The van der Waals surface area contributed by atoms with E-state index in [1.54, 1.807) is 30.0 Å². The van der Waals surface area contributed by atoms with Crippen molar-refractivity contribution in [2.24, 2.45) is 11.8 Å². The molecular weight excluding hydrogens is 547 g/mol. The first-order chi connectivity index (χ1) is 19.9. The van der Waals surface area contributed by atoms with Crippen LogP contribution in [0.1, 0.15) is 62.6 Å². The predicted molar refractivity (Wildman–Crippen MR) is 155 cm³/mol. The first-order valence-corrected chi connectivity index (χ1v) is 14.8. The number of carbonyl (C=O) groups is 2. The van der Waals surface area contributed by atoms with Gasteiger partial charge in [0.15, 0.2) is 0 Å². The number of fused-ring (bicyclic) bond motifs is 1. The highest BCUT2D eigenvalue weighted by molar-refractivity contribution is 5.93. The smallest absolute Gasteiger partial charge is 0.416 e. The summed E-state index contributed by atoms with van der Waals surface area (Å²) < 4.78 is 45.5. The molecule has 1 fully saturated rings. The van der Waals surface area contributed by atoms with Crippen molar-refractivity contribution < 1.29 is 32.6 Å². The van der Waals surface area contributed by atoms with Crippen LogP contribution in [-0.2, 0) is 28.7 Å². The van der Waals surface area contributed by atoms with Gasteiger partial charge in [-0.25, -0.2) is 0 Å². The van der Waals surface area contributed by atoms with E-state index in [-0.39, 0.29) is 48.8 Å². The number of likely N-dealkylation sites (N-methyl/N-ethyl adjacent to an activating group) is 1. The van der Waals surface area contributed by atoms with Crippen LogP contribution < -0.4 is 10.1 Å². The number of carbonyl (C=O) groups excluding carboxylic acids is 2. The molecule has 2 aliphatic rings. The summed E-state index contributed by atoms with van der Waals surface area (Å²) in [5, 5.41) is 12.9. The Morgan fingerprint density at radius 1 is 1.14 bits per heavy atom. The molecule has 7 nitrogen and oxygen atoms in total. The maximum Gasteiger partial charge on any atom is 0.416 e. The Hall–Kier alpha value is -3.11. The van der Waals surface area contributed by atoms with Gasteiger partial charge in [-0.15, -0.1) is 0 Å². The molecule has 0 aromatic heterocycles. The minimum absolute atomic E-state index is 0.00289. The largest absolute Gasteiger partial charge is 0.488 e. The van der Waals surface area contributed by atoms with Gasteiger partial charge >= 0.3 is 6.18 Å². The second-order valence-corrected chi connectivity index (χ2v) is 11.9. The zero-order valence-electron chi connectivity index (χ0n) is 24.6. The monoisotopic (exact) mass is 589 g/mol. The lowest BCUT2D eigenvalue weighted by atomic mass is 9.88. The van der Waals surface area contributed by atoms with E-state index < -0.39 is 11.7 Å². The summed E-state index contributed by atoms with van der Waals surface area (Å²) in [5.74, 6) is 0.291. The summed E-state index contributed by atoms with van der Waals surface area (Å²) in [6.07, 6.45) is 0.346. The topological polar surface area (TPSA) is 82.1 Å². The summed E-state index contributed by atoms with van der Waals surface area (Å²) in [6.45, 7) is 4.86. The fraction of sp³-hybridized carbons (Fsp3) is 0.562. The number of nitrogens with one attached hydrogen (secondary N) is 1. The van der Waals surface area contributed by atoms with Crippen LogP contribution >= 0.6 is 0 Å². The number of hydrogen-bond donors (Lipinski definition) is 2. The van der Waals surface area contributed by atoms with Gasteiger partial charge in [0.05, 0.1) is 24.6 Å². The molecule has 0 unspecified atom stereocenters. The summed E-state index contributed by atoms with van der Waals surface area (Å²) >= 11 is 0. The Bertz CT molecular complexity index is 1210. The maximum atomic E-state index is 13.5. The Morgan fingerprint density at radius 2 is 1.83 bits per heavy atom. The summed E-state index contributed by atoms with van der Waals surface area (Å²) in [5.41, 5.74) is 1.33. The van der Waals surface area contributed by atoms with Crippen molar-refractivity contribution in [3.63, 3.8) is 0 Å². The third-order valence-electron chi connectivity index (χ3n) is 8.39. The third-order valence-corrected chi connectivity index (χ3v) is 8.39. The molecule has 10 heteroatoms. The van der Waals surface area contributed by atoms with Crippen LogP contribution in [-0.4, -0.2) is 65.6 Å². The van der Waals surface area contributed by atoms with Gasteiger partial charge in [0.25, 0.3) is 0 Å². The number of anilines is 1. The molecule has 3 atom stereocenters. The second kappa shape index (κ2) is 13.9. The first-order valence-electron chi connectivity index (χ1n) is 14.8. The summed E-state index contributed by atoms with van der Waals surface area (Å²) in [6, 6.07) is 10.1. The van der Waals surface area contributed by atoms with Gasteiger partial charge in [-0.05, 0) is 62.7 Å². The molecule has 4 rings (SSSR count). The van der Waals surface area contributed by atoms with Crippen molar-refractivity contribution in [3.8, 4) is 5.75 Å². The average molecular weight is 590 g/mol. The van der Waals surface area contributed by atoms with Crippen LogP contribution in [0.2, 0.25) is 0 Å². The van der Waals surface area contributed by atoms with Gasteiger partial charge in [0.1, 0.15) is 11.9 Å². The van der Waals surface area contributed by atoms with Crippen molar-refractivity contribution in [1.82, 2.24) is 9.80 Å². The van der Waals surface area contributed by atoms with Crippen LogP contribution in [0, 0.1) is 11.8 Å². The van der Waals surface area contributed by atoms with E-state index in [0.29, 0.717) is 36.6 Å². The molecule has 2 aromatic rings. The molecule has 2 N–H and O–H groups in total. The van der Waals surface area contributed by atoms with E-state index in [4.69, 9.17) is 4.74 Å². The minimum atomic E-state index is -4.38. The van der Waals surface area contributed by atoms with Crippen LogP contribution in [0.3, 0.4) is 0 Å². The van der Waals surface area contributed by atoms with Crippen molar-refractivity contribution in [2.45, 2.75) is 77.2 Å². The lowest BCUT2D eigenvalue weighted by molar-refractivity contribution is -0.137. The van der Waals surface area contributed by atoms with Gasteiger partial charge in [0.2, 0.25) is 11.8 Å². The number of ether oxygens (including phenoxy) is 1. The number of rotatable bonds is 8. The van der Waals surface area contributed by atoms with Crippen molar-refractivity contribution in [2.75, 3.05) is 32.1 Å². The number of amides is 2. The molecule has 0 saturated heterocycles. The van der Waals surface area contributed by atoms with Crippen molar-refractivity contribution in [3.05, 3.63) is 59.2 Å². The van der Waals surface area contributed by atoms with E-state index >= 15 is 0 Å². The molecule has 0 spiro atoms. The van der Waals surface area contributed by atoms with Gasteiger partial charge in [-0.1, -0.05) is 38.3 Å². The third kappa shape index (κ3) is 8.25. The zero-order chi connectivity index (χ0) is 30.4. The molecule has 1 heterocycles. The Balaban J connectivity index is 1.54. The van der Waals surface area contributed by atoms with E-state index in [2.05, 4.69) is 5.32 Å². The summed E-state index contributed by atoms with van der Waals surface area (Å²) in [4.78, 5) is 30.0. The van der Waals surface area contributed by atoms with Crippen LogP contribution in [0.15, 0.2) is 42.5 Å². The highest BCUT2D eigenvalue weighted by Crippen LogP contribution is 2.32. The number of alkyl halides is 3. The van der Waals surface area contributed by atoms with E-state index in [0.717, 1.165) is 49.8 Å². The Labute approximate surface area is 246 Å². The quantitative estimate of drug-likeness (QED) is 0.425. The number of nitrogens with zero attached hydrogens (tertiary/aromatic N) is 2. The molecule has 1 aliphatic heterocycles. The lowest BCUT2D eigenvalue weighted by Gasteiger charge is -2.34. The Kier molecular flexibility index (Phi) is 10.5. The van der Waals surface area contributed by atoms with Crippen LogP contribution in [0.25, 0.3) is 0 Å². The summed E-state index contributed by atoms with van der Waals surface area (Å²) in [7, 11) is 1.88. The average Bonchev–Trinajstić information content (AvgIpc) is 3.00. The first kappa shape index (κ1) is 31.8. The molecule has 0 radical (unpaired) electrons. The van der Waals surface area contributed by atoms with E-state index in [9.17, 15) is 27.9 Å². The number of aliphatic hydroxyl groups is 1. The van der Waals surface area contributed by atoms with Gasteiger partial charge < -0.3 is 20.1 Å². The standard InChI is InChI=1S/C32H42F3N3O4/c1-21-17-38(22(2)20-39)30(40)16-25-15-27(36-31(41)24-7-5-4-6-8-24)13-14-28(25)42-29(21)19-37(3)18-23-9-11-26(12-10-23)32(33,34)35/h9-15,21-22,24,29,39H,4-8,16-20H2,1-3H3,(H,36,41)/t21-,22-,29+/m1/s1. The van der Waals surface area contributed by atoms with E-state index in [1.165, 1.54) is 12.1 Å². The molecule has 2 amide bonds. The molecular formula is C32H42F3N3O4. The van der Waals surface area contributed by atoms with Crippen LogP contribution in [0.4, 0.5) is 18.9 Å². The number of benzene rings is 2. The maximum absolute atomic E-state index is 13.5. The lowest BCUT2D eigenvalue weighted by Crippen LogP contribution is -2.47. The van der Waals surface area contributed by atoms with Crippen molar-refractivity contribution in [1.29, 1.82) is 0 Å². The fourth-order valence-corrected chi connectivity index (χ4v) is 5.82. The number of hydrogen-bond acceptors (Lipinski definition) is 5. The zero-order valence-corrected chi connectivity index (χ0v) is 24.6. The highest BCUT2D eigenvalue weighted by atomic mass is 19.4. The molecule has 0 bridgehead atoms. The van der Waals surface area contributed by atoms with Crippen LogP contribution in [0.5, 0.6) is 5.75 Å². The second-order valence-electron chi connectivity index (χ2n) is 11.9. The fourth-order valence-electron chi connectivity index (χ4n) is 5.82. The Morgan fingerprint density at radius 3 is 2.48 bits per heavy atom. The van der Waals surface area contributed by atoms with Gasteiger partial charge in [-0.2, -0.15) is 13.2 Å². The molecule has 1 aliphatic carbocycles. The molecule has 2 aromatic carbocycles. The molecule has 230 valence electrons. The SMILES string of the molecule is C[C@@H]1CN([C@H](C)CO)C(=O)Cc2cc(NC(=O)C3CCCCC3)ccc2O[C@H]1CN(C)Cc1ccc(C(F)(F)F)cc1. The van der Waals surface area contributed by atoms with Gasteiger partial charge in [0, 0.05) is 42.7 Å². The predicted octanol–water partition coefficient (Wildman–Crippen LogP) is 5.51.